The van der Waals surface area contributed by atoms with Crippen molar-refractivity contribution in [1.82, 2.24) is 14.7 Å². The number of nitrogens with zero attached hydrogens (tertiary/aromatic N) is 3. The van der Waals surface area contributed by atoms with E-state index < -0.39 is 5.97 Å². The molecule has 0 aliphatic carbocycles. The normalized spacial score (nSPS) is 18.3. The number of likely N-dealkylation sites (tertiary alicyclic amines) is 1. The number of aromatic nitrogens is 2. The largest absolute Gasteiger partial charge is 0.466 e. The molecule has 1 fully saturated rings. The second-order valence-electron chi connectivity index (χ2n) is 5.78. The van der Waals surface area contributed by atoms with Crippen LogP contribution < -0.4 is 5.73 Å². The Bertz CT molecular complexity index is 572. The lowest BCUT2D eigenvalue weighted by Gasteiger charge is -2.31. The Hall–Kier alpha value is -2.09. The smallest absolute Gasteiger partial charge is 0.343 e. The molecule has 1 saturated heterocycles. The van der Waals surface area contributed by atoms with Crippen molar-refractivity contribution in [3.63, 3.8) is 0 Å². The van der Waals surface area contributed by atoms with Crippen LogP contribution in [0.15, 0.2) is 6.20 Å². The molecule has 1 unspecified atom stereocenters. The Morgan fingerprint density at radius 2 is 2.04 bits per heavy atom. The molecule has 0 spiro atoms. The van der Waals surface area contributed by atoms with E-state index in [0.29, 0.717) is 44.2 Å². The first-order valence-corrected chi connectivity index (χ1v) is 8.44. The maximum Gasteiger partial charge on any atom is 0.343 e. The highest BCUT2D eigenvalue weighted by atomic mass is 16.5. The number of anilines is 1. The molecule has 2 rings (SSSR count). The van der Waals surface area contributed by atoms with Crippen LogP contribution in [0.25, 0.3) is 0 Å². The van der Waals surface area contributed by atoms with Crippen LogP contribution in [-0.2, 0) is 20.8 Å². The number of rotatable bonds is 7. The first-order chi connectivity index (χ1) is 11.6. The number of ether oxygens (including phenoxy) is 2. The summed E-state index contributed by atoms with van der Waals surface area (Å²) in [6.07, 6.45) is 3.27. The molecule has 2 N–H and O–H groups in total. The zero-order valence-electron chi connectivity index (χ0n) is 14.4. The van der Waals surface area contributed by atoms with E-state index in [1.807, 2.05) is 6.92 Å². The molecule has 1 aliphatic rings. The standard InChI is InChI=1S/C16H26N4O4/c1-3-23-15(21)12-6-5-7-19(11-12)8-9-20-14(17)13(10-18-20)16(22)24-4-2/h10,12H,3-9,11,17H2,1-2H3. The maximum atomic E-state index is 11.9. The summed E-state index contributed by atoms with van der Waals surface area (Å²) in [7, 11) is 0. The van der Waals surface area contributed by atoms with Crippen LogP contribution in [0.4, 0.5) is 5.82 Å². The van der Waals surface area contributed by atoms with Gasteiger partial charge in [-0.15, -0.1) is 0 Å². The quantitative estimate of drug-likeness (QED) is 0.738. The number of nitrogen functional groups attached to an aromatic ring is 1. The van der Waals surface area contributed by atoms with Crippen LogP contribution in [0.5, 0.6) is 0 Å². The van der Waals surface area contributed by atoms with Crippen LogP contribution in [0.2, 0.25) is 0 Å². The van der Waals surface area contributed by atoms with Gasteiger partial charge in [0.25, 0.3) is 0 Å². The molecule has 0 bridgehead atoms. The van der Waals surface area contributed by atoms with Crippen molar-refractivity contribution in [3.8, 4) is 0 Å². The number of carbonyl (C=O) groups excluding carboxylic acids is 2. The van der Waals surface area contributed by atoms with E-state index >= 15 is 0 Å². The zero-order valence-corrected chi connectivity index (χ0v) is 14.4. The van der Waals surface area contributed by atoms with Gasteiger partial charge >= 0.3 is 11.9 Å². The average Bonchev–Trinajstić information content (AvgIpc) is 2.94. The van der Waals surface area contributed by atoms with Crippen molar-refractivity contribution in [3.05, 3.63) is 11.8 Å². The van der Waals surface area contributed by atoms with Crippen LogP contribution in [0.3, 0.4) is 0 Å². The summed E-state index contributed by atoms with van der Waals surface area (Å²) in [6, 6.07) is 0. The molecular formula is C16H26N4O4. The summed E-state index contributed by atoms with van der Waals surface area (Å²) < 4.78 is 11.7. The Labute approximate surface area is 141 Å². The predicted molar refractivity (Wildman–Crippen MR) is 88.4 cm³/mol. The average molecular weight is 338 g/mol. The summed E-state index contributed by atoms with van der Waals surface area (Å²) >= 11 is 0. The molecule has 2 heterocycles. The lowest BCUT2D eigenvalue weighted by molar-refractivity contribution is -0.149. The van der Waals surface area contributed by atoms with Gasteiger partial charge in [0, 0.05) is 13.1 Å². The summed E-state index contributed by atoms with van der Waals surface area (Å²) in [5, 5.41) is 4.16. The Kier molecular flexibility index (Phi) is 6.60. The van der Waals surface area contributed by atoms with Crippen molar-refractivity contribution >= 4 is 17.8 Å². The van der Waals surface area contributed by atoms with E-state index in [9.17, 15) is 9.59 Å². The summed E-state index contributed by atoms with van der Waals surface area (Å²) in [6.45, 7) is 7.16. The summed E-state index contributed by atoms with van der Waals surface area (Å²) in [5.41, 5.74) is 6.26. The third-order valence-corrected chi connectivity index (χ3v) is 4.13. The lowest BCUT2D eigenvalue weighted by atomic mass is 9.98. The highest BCUT2D eigenvalue weighted by molar-refractivity contribution is 5.93. The van der Waals surface area contributed by atoms with Crippen molar-refractivity contribution in [2.45, 2.75) is 33.2 Å². The number of hydrogen-bond donors (Lipinski definition) is 1. The van der Waals surface area contributed by atoms with Gasteiger partial charge in [-0.05, 0) is 33.2 Å². The molecule has 1 aromatic heterocycles. The second-order valence-corrected chi connectivity index (χ2v) is 5.78. The van der Waals surface area contributed by atoms with Gasteiger partial charge in [-0.25, -0.2) is 9.48 Å². The molecule has 8 nitrogen and oxygen atoms in total. The van der Waals surface area contributed by atoms with E-state index in [4.69, 9.17) is 15.2 Å². The number of piperidine rings is 1. The third-order valence-electron chi connectivity index (χ3n) is 4.13. The van der Waals surface area contributed by atoms with E-state index in [1.54, 1.807) is 11.6 Å². The van der Waals surface area contributed by atoms with Gasteiger partial charge in [-0.2, -0.15) is 5.10 Å². The van der Waals surface area contributed by atoms with Gasteiger partial charge in [0.2, 0.25) is 0 Å². The van der Waals surface area contributed by atoms with Crippen molar-refractivity contribution in [1.29, 1.82) is 0 Å². The highest BCUT2D eigenvalue weighted by Gasteiger charge is 2.26. The van der Waals surface area contributed by atoms with Crippen molar-refractivity contribution in [2.75, 3.05) is 38.6 Å². The molecule has 0 radical (unpaired) electrons. The molecule has 1 aliphatic heterocycles. The van der Waals surface area contributed by atoms with Crippen LogP contribution in [-0.4, -0.2) is 59.5 Å². The minimum Gasteiger partial charge on any atom is -0.466 e. The topological polar surface area (TPSA) is 99.7 Å². The van der Waals surface area contributed by atoms with Gasteiger partial charge in [-0.3, -0.25) is 4.79 Å². The SMILES string of the molecule is CCOC(=O)c1cnn(CCN2CCCC(C(=O)OCC)C2)c1N. The molecule has 1 aromatic rings. The number of hydrogen-bond acceptors (Lipinski definition) is 7. The van der Waals surface area contributed by atoms with Gasteiger partial charge in [0.05, 0.1) is 31.9 Å². The molecule has 0 amide bonds. The predicted octanol–water partition coefficient (Wildman–Crippen LogP) is 0.917. The zero-order chi connectivity index (χ0) is 17.5. The van der Waals surface area contributed by atoms with Crippen LogP contribution >= 0.6 is 0 Å². The van der Waals surface area contributed by atoms with Gasteiger partial charge in [-0.1, -0.05) is 0 Å². The van der Waals surface area contributed by atoms with E-state index in [1.165, 1.54) is 6.20 Å². The summed E-state index contributed by atoms with van der Waals surface area (Å²) in [5.74, 6) is -0.330. The van der Waals surface area contributed by atoms with Gasteiger partial charge in [0.1, 0.15) is 11.4 Å². The summed E-state index contributed by atoms with van der Waals surface area (Å²) in [4.78, 5) is 25.8. The van der Waals surface area contributed by atoms with E-state index in [-0.39, 0.29) is 11.9 Å². The van der Waals surface area contributed by atoms with E-state index in [0.717, 1.165) is 19.4 Å². The maximum absolute atomic E-state index is 11.9. The number of carbonyl (C=O) groups is 2. The minimum atomic E-state index is -0.457. The molecule has 0 saturated carbocycles. The monoisotopic (exact) mass is 338 g/mol. The fourth-order valence-corrected chi connectivity index (χ4v) is 2.89. The molecule has 24 heavy (non-hydrogen) atoms. The Morgan fingerprint density at radius 1 is 1.29 bits per heavy atom. The first kappa shape index (κ1) is 18.3. The van der Waals surface area contributed by atoms with Gasteiger partial charge < -0.3 is 20.1 Å². The fraction of sp³-hybridized carbons (Fsp3) is 0.688. The first-order valence-electron chi connectivity index (χ1n) is 8.44. The molecule has 1 atom stereocenters. The van der Waals surface area contributed by atoms with Crippen molar-refractivity contribution < 1.29 is 19.1 Å². The third kappa shape index (κ3) is 4.47. The van der Waals surface area contributed by atoms with E-state index in [2.05, 4.69) is 10.00 Å². The Balaban J connectivity index is 1.89. The minimum absolute atomic E-state index is 0.0660. The van der Waals surface area contributed by atoms with Crippen LogP contribution in [0.1, 0.15) is 37.0 Å². The second kappa shape index (κ2) is 8.68. The molecular weight excluding hydrogens is 312 g/mol. The molecule has 134 valence electrons. The lowest BCUT2D eigenvalue weighted by Crippen LogP contribution is -2.40. The van der Waals surface area contributed by atoms with Crippen molar-refractivity contribution in [2.24, 2.45) is 5.92 Å². The number of nitrogens with two attached hydrogens (primary N) is 1. The molecule has 0 aromatic carbocycles. The highest BCUT2D eigenvalue weighted by Crippen LogP contribution is 2.18. The van der Waals surface area contributed by atoms with Crippen LogP contribution in [0, 0.1) is 5.92 Å². The molecule has 8 heteroatoms. The van der Waals surface area contributed by atoms with Gasteiger partial charge in [0.15, 0.2) is 0 Å². The number of esters is 2. The fourth-order valence-electron chi connectivity index (χ4n) is 2.89. The Morgan fingerprint density at radius 3 is 2.75 bits per heavy atom.